The Bertz CT molecular complexity index is 572. The van der Waals surface area contributed by atoms with Crippen molar-refractivity contribution < 1.29 is 4.74 Å². The van der Waals surface area contributed by atoms with E-state index in [1.807, 2.05) is 31.2 Å². The first kappa shape index (κ1) is 12.7. The fourth-order valence-electron chi connectivity index (χ4n) is 1.55. The number of anilines is 3. The molecule has 3 N–H and O–H groups in total. The van der Waals surface area contributed by atoms with E-state index in [9.17, 15) is 0 Å². The summed E-state index contributed by atoms with van der Waals surface area (Å²) in [6.07, 6.45) is 1.73. The normalized spacial score (nSPS) is 10.2. The molecule has 1 aromatic heterocycles. The number of aromatic nitrogens is 1. The lowest BCUT2D eigenvalue weighted by Crippen LogP contribution is -2.00. The average Bonchev–Trinajstić information content (AvgIpc) is 2.35. The molecule has 0 radical (unpaired) electrons. The number of methoxy groups -OCH3 is 1. The molecule has 0 bridgehead atoms. The van der Waals surface area contributed by atoms with Gasteiger partial charge in [0.1, 0.15) is 5.75 Å². The largest absolute Gasteiger partial charge is 0.496 e. The quantitative estimate of drug-likeness (QED) is 0.911. The molecule has 0 amide bonds. The summed E-state index contributed by atoms with van der Waals surface area (Å²) in [5.41, 5.74) is 8.52. The number of benzene rings is 1. The highest BCUT2D eigenvalue weighted by atomic mass is 79.9. The summed E-state index contributed by atoms with van der Waals surface area (Å²) in [4.78, 5) is 4.22. The van der Waals surface area contributed by atoms with Crippen LogP contribution in [-0.4, -0.2) is 12.1 Å². The van der Waals surface area contributed by atoms with E-state index in [0.717, 1.165) is 21.5 Å². The van der Waals surface area contributed by atoms with E-state index in [1.54, 1.807) is 13.3 Å². The number of rotatable bonds is 3. The smallest absolute Gasteiger partial charge is 0.153 e. The molecule has 0 saturated heterocycles. The topological polar surface area (TPSA) is 60.2 Å². The molecule has 94 valence electrons. The van der Waals surface area contributed by atoms with Crippen molar-refractivity contribution in [3.63, 3.8) is 0 Å². The number of hydrogen-bond acceptors (Lipinski definition) is 4. The van der Waals surface area contributed by atoms with Gasteiger partial charge in [0.15, 0.2) is 5.82 Å². The van der Waals surface area contributed by atoms with Crippen molar-refractivity contribution in [2.75, 3.05) is 18.2 Å². The molecular weight excluding hydrogens is 294 g/mol. The fourth-order valence-corrected chi connectivity index (χ4v) is 2.09. The Morgan fingerprint density at radius 2 is 2.11 bits per heavy atom. The standard InChI is InChI=1S/C13H14BrN3O/c1-8-5-6-16-13(12(8)15)17-9-3-4-11(18-2)10(14)7-9/h3-7H,15H2,1-2H3,(H,16,17). The van der Waals surface area contributed by atoms with E-state index in [1.165, 1.54) is 0 Å². The third-order valence-electron chi connectivity index (χ3n) is 2.62. The Hall–Kier alpha value is -1.75. The fraction of sp³-hybridized carbons (Fsp3) is 0.154. The summed E-state index contributed by atoms with van der Waals surface area (Å²) in [5, 5.41) is 3.18. The molecule has 0 aliphatic heterocycles. The molecule has 4 nitrogen and oxygen atoms in total. The molecule has 0 spiro atoms. The second-order valence-corrected chi connectivity index (χ2v) is 4.72. The van der Waals surface area contributed by atoms with Gasteiger partial charge >= 0.3 is 0 Å². The maximum absolute atomic E-state index is 5.96. The number of ether oxygens (including phenoxy) is 1. The molecule has 0 unspecified atom stereocenters. The van der Waals surface area contributed by atoms with Crippen LogP contribution in [-0.2, 0) is 0 Å². The first-order valence-corrected chi connectivity index (χ1v) is 6.22. The molecule has 0 atom stereocenters. The van der Waals surface area contributed by atoms with Crippen molar-refractivity contribution in [1.29, 1.82) is 0 Å². The zero-order chi connectivity index (χ0) is 13.1. The van der Waals surface area contributed by atoms with Crippen LogP contribution in [0.1, 0.15) is 5.56 Å². The van der Waals surface area contributed by atoms with Crippen LogP contribution in [0, 0.1) is 6.92 Å². The van der Waals surface area contributed by atoms with Gasteiger partial charge in [-0.05, 0) is 52.7 Å². The summed E-state index contributed by atoms with van der Waals surface area (Å²) in [6.45, 7) is 1.95. The molecule has 5 heteroatoms. The summed E-state index contributed by atoms with van der Waals surface area (Å²) in [5.74, 6) is 1.44. The van der Waals surface area contributed by atoms with Crippen LogP contribution in [0.15, 0.2) is 34.9 Å². The minimum atomic E-state index is 0.657. The predicted molar refractivity (Wildman–Crippen MR) is 77.4 cm³/mol. The Kier molecular flexibility index (Phi) is 3.72. The molecule has 2 rings (SSSR count). The Balaban J connectivity index is 2.29. The lowest BCUT2D eigenvalue weighted by Gasteiger charge is -2.11. The van der Waals surface area contributed by atoms with Crippen molar-refractivity contribution in [2.45, 2.75) is 6.92 Å². The molecule has 0 aliphatic rings. The van der Waals surface area contributed by atoms with Gasteiger partial charge in [-0.25, -0.2) is 4.98 Å². The summed E-state index contributed by atoms with van der Waals surface area (Å²) < 4.78 is 6.05. The van der Waals surface area contributed by atoms with E-state index in [-0.39, 0.29) is 0 Å². The first-order valence-electron chi connectivity index (χ1n) is 5.43. The molecule has 1 aromatic carbocycles. The summed E-state index contributed by atoms with van der Waals surface area (Å²) in [6, 6.07) is 7.58. The van der Waals surface area contributed by atoms with Gasteiger partial charge in [0.05, 0.1) is 17.3 Å². The number of nitrogens with zero attached hydrogens (tertiary/aromatic N) is 1. The number of nitrogens with two attached hydrogens (primary N) is 1. The maximum atomic E-state index is 5.96. The molecular formula is C13H14BrN3O. The number of nitrogen functional groups attached to an aromatic ring is 1. The Morgan fingerprint density at radius 1 is 1.33 bits per heavy atom. The van der Waals surface area contributed by atoms with Gasteiger partial charge in [-0.1, -0.05) is 0 Å². The van der Waals surface area contributed by atoms with Gasteiger partial charge in [-0.3, -0.25) is 0 Å². The SMILES string of the molecule is COc1ccc(Nc2nccc(C)c2N)cc1Br. The molecule has 0 saturated carbocycles. The second kappa shape index (κ2) is 5.27. The molecule has 18 heavy (non-hydrogen) atoms. The van der Waals surface area contributed by atoms with Gasteiger partial charge in [0, 0.05) is 11.9 Å². The molecule has 0 aliphatic carbocycles. The minimum Gasteiger partial charge on any atom is -0.496 e. The van der Waals surface area contributed by atoms with E-state index >= 15 is 0 Å². The molecule has 1 heterocycles. The lowest BCUT2D eigenvalue weighted by atomic mass is 10.2. The number of aryl methyl sites for hydroxylation is 1. The zero-order valence-electron chi connectivity index (χ0n) is 10.2. The average molecular weight is 308 g/mol. The van der Waals surface area contributed by atoms with E-state index in [0.29, 0.717) is 11.5 Å². The van der Waals surface area contributed by atoms with Crippen LogP contribution in [0.3, 0.4) is 0 Å². The monoisotopic (exact) mass is 307 g/mol. The van der Waals surface area contributed by atoms with Crippen LogP contribution >= 0.6 is 15.9 Å². The zero-order valence-corrected chi connectivity index (χ0v) is 11.8. The van der Waals surface area contributed by atoms with Crippen LogP contribution in [0.4, 0.5) is 17.2 Å². The second-order valence-electron chi connectivity index (χ2n) is 3.86. The predicted octanol–water partition coefficient (Wildman–Crippen LogP) is 3.49. The Labute approximate surface area is 114 Å². The maximum Gasteiger partial charge on any atom is 0.153 e. The van der Waals surface area contributed by atoms with E-state index in [4.69, 9.17) is 10.5 Å². The molecule has 2 aromatic rings. The third kappa shape index (κ3) is 2.56. The van der Waals surface area contributed by atoms with Crippen LogP contribution < -0.4 is 15.8 Å². The van der Waals surface area contributed by atoms with Crippen molar-refractivity contribution >= 4 is 33.1 Å². The minimum absolute atomic E-state index is 0.657. The van der Waals surface area contributed by atoms with Gasteiger partial charge in [-0.15, -0.1) is 0 Å². The van der Waals surface area contributed by atoms with Crippen LogP contribution in [0.5, 0.6) is 5.75 Å². The van der Waals surface area contributed by atoms with Crippen molar-refractivity contribution in [1.82, 2.24) is 4.98 Å². The van der Waals surface area contributed by atoms with Crippen molar-refractivity contribution in [3.8, 4) is 5.75 Å². The van der Waals surface area contributed by atoms with Gasteiger partial charge < -0.3 is 15.8 Å². The number of pyridine rings is 1. The van der Waals surface area contributed by atoms with Gasteiger partial charge in [-0.2, -0.15) is 0 Å². The van der Waals surface area contributed by atoms with Crippen LogP contribution in [0.25, 0.3) is 0 Å². The summed E-state index contributed by atoms with van der Waals surface area (Å²) in [7, 11) is 1.63. The third-order valence-corrected chi connectivity index (χ3v) is 3.24. The van der Waals surface area contributed by atoms with Crippen molar-refractivity contribution in [3.05, 3.63) is 40.5 Å². The number of hydrogen-bond donors (Lipinski definition) is 2. The van der Waals surface area contributed by atoms with Crippen molar-refractivity contribution in [2.24, 2.45) is 0 Å². The lowest BCUT2D eigenvalue weighted by molar-refractivity contribution is 0.412. The van der Waals surface area contributed by atoms with Crippen LogP contribution in [0.2, 0.25) is 0 Å². The first-order chi connectivity index (χ1) is 8.61. The number of halogens is 1. The van der Waals surface area contributed by atoms with Gasteiger partial charge in [0.2, 0.25) is 0 Å². The molecule has 0 fully saturated rings. The highest BCUT2D eigenvalue weighted by Crippen LogP contribution is 2.30. The van der Waals surface area contributed by atoms with E-state index < -0.39 is 0 Å². The summed E-state index contributed by atoms with van der Waals surface area (Å²) >= 11 is 3.44. The van der Waals surface area contributed by atoms with Gasteiger partial charge in [0.25, 0.3) is 0 Å². The highest BCUT2D eigenvalue weighted by Gasteiger charge is 2.05. The Morgan fingerprint density at radius 3 is 2.78 bits per heavy atom. The highest BCUT2D eigenvalue weighted by molar-refractivity contribution is 9.10. The number of nitrogens with one attached hydrogen (secondary N) is 1. The van der Waals surface area contributed by atoms with E-state index in [2.05, 4.69) is 26.2 Å².